The van der Waals surface area contributed by atoms with Gasteiger partial charge >= 0.3 is 12.2 Å². The number of benzene rings is 1. The summed E-state index contributed by atoms with van der Waals surface area (Å²) < 4.78 is 40.5. The van der Waals surface area contributed by atoms with E-state index in [1.807, 2.05) is 0 Å². The third-order valence-electron chi connectivity index (χ3n) is 2.92. The molecule has 0 bridgehead atoms. The summed E-state index contributed by atoms with van der Waals surface area (Å²) in [5, 5.41) is 5.24. The first-order valence-corrected chi connectivity index (χ1v) is 7.10. The Morgan fingerprint density at radius 1 is 1.08 bits per heavy atom. The first-order chi connectivity index (χ1) is 11.4. The molecule has 0 unspecified atom stereocenters. The molecular weight excluding hydrogens is 323 g/mol. The van der Waals surface area contributed by atoms with Crippen LogP contribution in [0.2, 0.25) is 0 Å². The van der Waals surface area contributed by atoms with E-state index in [-0.39, 0.29) is 13.2 Å². The molecule has 0 atom stereocenters. The Labute approximate surface area is 136 Å². The van der Waals surface area contributed by atoms with Crippen molar-refractivity contribution >= 4 is 11.8 Å². The van der Waals surface area contributed by atoms with Crippen LogP contribution in [0.3, 0.4) is 0 Å². The van der Waals surface area contributed by atoms with Crippen LogP contribution in [-0.4, -0.2) is 23.8 Å². The summed E-state index contributed by atoms with van der Waals surface area (Å²) in [6, 6.07) is 11.5. The average Bonchev–Trinajstić information content (AvgIpc) is 2.54. The van der Waals surface area contributed by atoms with Crippen LogP contribution in [0.15, 0.2) is 48.7 Å². The third kappa shape index (κ3) is 6.66. The number of urea groups is 1. The molecule has 0 saturated heterocycles. The van der Waals surface area contributed by atoms with Gasteiger partial charge in [0.2, 0.25) is 0 Å². The summed E-state index contributed by atoms with van der Waals surface area (Å²) in [6.45, 7) is -1.11. The lowest BCUT2D eigenvalue weighted by Gasteiger charge is -2.09. The zero-order chi connectivity index (χ0) is 17.4. The second-order valence-electron chi connectivity index (χ2n) is 4.95. The quantitative estimate of drug-likeness (QED) is 0.847. The van der Waals surface area contributed by atoms with E-state index in [2.05, 4.69) is 20.4 Å². The zero-order valence-electron chi connectivity index (χ0n) is 12.6. The fraction of sp³-hybridized carbons (Fsp3) is 0.250. The van der Waals surface area contributed by atoms with Crippen molar-refractivity contribution in [1.82, 2.24) is 10.3 Å². The van der Waals surface area contributed by atoms with Crippen LogP contribution in [0.4, 0.5) is 23.8 Å². The molecule has 1 heterocycles. The predicted octanol–water partition coefficient (Wildman–Crippen LogP) is 3.48. The lowest BCUT2D eigenvalue weighted by Crippen LogP contribution is -2.28. The molecule has 0 aliphatic rings. The number of ether oxygens (including phenoxy) is 1. The number of nitrogens with one attached hydrogen (secondary N) is 2. The van der Waals surface area contributed by atoms with Crippen molar-refractivity contribution in [3.05, 3.63) is 59.8 Å². The van der Waals surface area contributed by atoms with E-state index >= 15 is 0 Å². The fourth-order valence-electron chi connectivity index (χ4n) is 1.82. The third-order valence-corrected chi connectivity index (χ3v) is 2.92. The first kappa shape index (κ1) is 17.7. The number of carbonyl (C=O) groups is 1. The van der Waals surface area contributed by atoms with Gasteiger partial charge in [-0.3, -0.25) is 5.32 Å². The van der Waals surface area contributed by atoms with Gasteiger partial charge in [-0.05, 0) is 23.3 Å². The Morgan fingerprint density at radius 3 is 2.42 bits per heavy atom. The maximum absolute atomic E-state index is 12.0. The second kappa shape index (κ2) is 8.30. The number of nitrogens with zero attached hydrogens (tertiary/aromatic N) is 1. The topological polar surface area (TPSA) is 63.2 Å². The normalized spacial score (nSPS) is 11.1. The van der Waals surface area contributed by atoms with Gasteiger partial charge in [0.1, 0.15) is 12.4 Å². The first-order valence-electron chi connectivity index (χ1n) is 7.10. The number of aromatic nitrogens is 1. The Hall–Kier alpha value is -2.61. The Morgan fingerprint density at radius 2 is 1.79 bits per heavy atom. The number of carbonyl (C=O) groups excluding carboxylic acids is 1. The van der Waals surface area contributed by atoms with Gasteiger partial charge in [-0.25, -0.2) is 9.78 Å². The molecule has 1 aromatic carbocycles. The number of alkyl halides is 3. The van der Waals surface area contributed by atoms with Crippen LogP contribution in [0.5, 0.6) is 0 Å². The van der Waals surface area contributed by atoms with E-state index in [0.29, 0.717) is 11.4 Å². The number of anilines is 1. The summed E-state index contributed by atoms with van der Waals surface area (Å²) in [5.74, 6) is 0.437. The van der Waals surface area contributed by atoms with E-state index in [9.17, 15) is 18.0 Å². The summed E-state index contributed by atoms with van der Waals surface area (Å²) in [5.41, 5.74) is 1.44. The van der Waals surface area contributed by atoms with Gasteiger partial charge in [-0.15, -0.1) is 0 Å². The van der Waals surface area contributed by atoms with Gasteiger partial charge in [0.05, 0.1) is 6.61 Å². The van der Waals surface area contributed by atoms with Crippen molar-refractivity contribution in [3.63, 3.8) is 0 Å². The van der Waals surface area contributed by atoms with E-state index in [1.165, 1.54) is 0 Å². The molecule has 0 saturated carbocycles. The van der Waals surface area contributed by atoms with Crippen molar-refractivity contribution < 1.29 is 22.7 Å². The van der Waals surface area contributed by atoms with Crippen LogP contribution in [-0.2, 0) is 17.9 Å². The van der Waals surface area contributed by atoms with Crippen molar-refractivity contribution in [1.29, 1.82) is 0 Å². The second-order valence-corrected chi connectivity index (χ2v) is 4.95. The van der Waals surface area contributed by atoms with Gasteiger partial charge in [-0.1, -0.05) is 30.3 Å². The molecule has 1 aromatic heterocycles. The maximum atomic E-state index is 12.0. The lowest BCUT2D eigenvalue weighted by atomic mass is 10.1. The van der Waals surface area contributed by atoms with Gasteiger partial charge in [0.25, 0.3) is 0 Å². The largest absolute Gasteiger partial charge is 0.411 e. The highest BCUT2D eigenvalue weighted by Crippen LogP contribution is 2.15. The molecule has 8 heteroatoms. The number of halogens is 3. The predicted molar refractivity (Wildman–Crippen MR) is 82.2 cm³/mol. The van der Waals surface area contributed by atoms with Crippen LogP contribution < -0.4 is 10.6 Å². The summed E-state index contributed by atoms with van der Waals surface area (Å²) in [4.78, 5) is 15.7. The SMILES string of the molecule is O=C(NCc1ccc(COCC(F)(F)F)cc1)Nc1ccccn1. The van der Waals surface area contributed by atoms with E-state index in [4.69, 9.17) is 0 Å². The number of hydrogen-bond donors (Lipinski definition) is 2. The van der Waals surface area contributed by atoms with E-state index in [0.717, 1.165) is 5.56 Å². The van der Waals surface area contributed by atoms with Crippen LogP contribution in [0.25, 0.3) is 0 Å². The minimum Gasteiger partial charge on any atom is -0.367 e. The minimum atomic E-state index is -4.33. The molecular formula is C16H16F3N3O2. The van der Waals surface area contributed by atoms with Gasteiger partial charge in [0.15, 0.2) is 0 Å². The molecule has 2 N–H and O–H groups in total. The monoisotopic (exact) mass is 339 g/mol. The molecule has 0 aliphatic carbocycles. The molecule has 0 spiro atoms. The molecule has 0 aliphatic heterocycles. The summed E-state index contributed by atoms with van der Waals surface area (Å²) in [6.07, 6.45) is -2.76. The molecule has 5 nitrogen and oxygen atoms in total. The highest BCUT2D eigenvalue weighted by Gasteiger charge is 2.27. The van der Waals surface area contributed by atoms with Gasteiger partial charge < -0.3 is 10.1 Å². The maximum Gasteiger partial charge on any atom is 0.411 e. The standard InChI is InChI=1S/C16H16F3N3O2/c17-16(18,19)11-24-10-13-6-4-12(5-7-13)9-21-15(23)22-14-3-1-2-8-20-14/h1-8H,9-11H2,(H2,20,21,22,23). The average molecular weight is 339 g/mol. The molecule has 2 aromatic rings. The number of hydrogen-bond acceptors (Lipinski definition) is 3. The molecule has 0 radical (unpaired) electrons. The van der Waals surface area contributed by atoms with E-state index < -0.39 is 18.8 Å². The number of rotatable bonds is 6. The van der Waals surface area contributed by atoms with Crippen molar-refractivity contribution in [2.45, 2.75) is 19.3 Å². The van der Waals surface area contributed by atoms with Crippen molar-refractivity contribution in [2.75, 3.05) is 11.9 Å². The summed E-state index contributed by atoms with van der Waals surface area (Å²) in [7, 11) is 0. The van der Waals surface area contributed by atoms with Crippen LogP contribution >= 0.6 is 0 Å². The highest BCUT2D eigenvalue weighted by molar-refractivity contribution is 5.88. The molecule has 2 rings (SSSR count). The molecule has 128 valence electrons. The molecule has 0 fully saturated rings. The van der Waals surface area contributed by atoms with Crippen molar-refractivity contribution in [2.24, 2.45) is 0 Å². The van der Waals surface area contributed by atoms with Crippen LogP contribution in [0, 0.1) is 0 Å². The van der Waals surface area contributed by atoms with Crippen molar-refractivity contribution in [3.8, 4) is 0 Å². The Kier molecular flexibility index (Phi) is 6.14. The van der Waals surface area contributed by atoms with E-state index in [1.54, 1.807) is 48.7 Å². The molecule has 24 heavy (non-hydrogen) atoms. The number of pyridine rings is 1. The number of amides is 2. The van der Waals surface area contributed by atoms with Crippen LogP contribution in [0.1, 0.15) is 11.1 Å². The Balaban J connectivity index is 1.74. The van der Waals surface area contributed by atoms with Gasteiger partial charge in [0, 0.05) is 12.7 Å². The molecule has 2 amide bonds. The highest BCUT2D eigenvalue weighted by atomic mass is 19.4. The fourth-order valence-corrected chi connectivity index (χ4v) is 1.82. The van der Waals surface area contributed by atoms with Gasteiger partial charge in [-0.2, -0.15) is 13.2 Å². The smallest absolute Gasteiger partial charge is 0.367 e. The minimum absolute atomic E-state index is 0.118. The summed E-state index contributed by atoms with van der Waals surface area (Å²) >= 11 is 0. The lowest BCUT2D eigenvalue weighted by molar-refractivity contribution is -0.176. The Bertz CT molecular complexity index is 646. The zero-order valence-corrected chi connectivity index (χ0v) is 12.6.